The molecule has 0 spiro atoms. The summed E-state index contributed by atoms with van der Waals surface area (Å²) in [6, 6.07) is 2.88. The molecule has 1 aromatic heterocycles. The molecule has 2 heterocycles. The highest BCUT2D eigenvalue weighted by Crippen LogP contribution is 2.36. The van der Waals surface area contributed by atoms with Crippen molar-refractivity contribution in [3.8, 4) is 0 Å². The van der Waals surface area contributed by atoms with Crippen LogP contribution in [0.2, 0.25) is 0 Å². The molecule has 1 atom stereocenters. The number of halogens is 2. The van der Waals surface area contributed by atoms with Crippen molar-refractivity contribution >= 4 is 42.7 Å². The fourth-order valence-corrected chi connectivity index (χ4v) is 5.28. The standard InChI is InChI=1S/C12H13BrFN3O2S/c1-12(2-3-20(18,19)6-12)17-10-5-8(14)7(13)4-9(10)16-11(17)15/h4-5H,2-3,6H2,1H3,(H2,15,16). The largest absolute Gasteiger partial charge is 0.369 e. The summed E-state index contributed by atoms with van der Waals surface area (Å²) in [5.74, 6) is -0.116. The Morgan fingerprint density at radius 1 is 1.50 bits per heavy atom. The number of hydrogen-bond acceptors (Lipinski definition) is 4. The van der Waals surface area contributed by atoms with Crippen molar-refractivity contribution in [2.75, 3.05) is 17.2 Å². The predicted octanol–water partition coefficient (Wildman–Crippen LogP) is 2.05. The maximum atomic E-state index is 13.8. The van der Waals surface area contributed by atoms with Crippen LogP contribution < -0.4 is 5.73 Å². The number of nitrogens with zero attached hydrogens (tertiary/aromatic N) is 2. The molecule has 108 valence electrons. The summed E-state index contributed by atoms with van der Waals surface area (Å²) in [5, 5.41) is 0. The van der Waals surface area contributed by atoms with E-state index < -0.39 is 21.2 Å². The van der Waals surface area contributed by atoms with E-state index in [-0.39, 0.29) is 17.5 Å². The van der Waals surface area contributed by atoms with E-state index in [2.05, 4.69) is 20.9 Å². The third-order valence-corrected chi connectivity index (χ3v) is 6.24. The maximum absolute atomic E-state index is 13.8. The first-order valence-corrected chi connectivity index (χ1v) is 8.67. The highest BCUT2D eigenvalue weighted by molar-refractivity contribution is 9.10. The molecule has 2 N–H and O–H groups in total. The van der Waals surface area contributed by atoms with E-state index in [0.717, 1.165) is 0 Å². The van der Waals surface area contributed by atoms with Crippen molar-refractivity contribution in [3.05, 3.63) is 22.4 Å². The third kappa shape index (κ3) is 2.01. The zero-order chi connectivity index (χ0) is 14.7. The Hall–Kier alpha value is -1.15. The average molecular weight is 362 g/mol. The summed E-state index contributed by atoms with van der Waals surface area (Å²) < 4.78 is 39.2. The molecule has 20 heavy (non-hydrogen) atoms. The number of fused-ring (bicyclic) bond motifs is 1. The zero-order valence-electron chi connectivity index (χ0n) is 10.7. The summed E-state index contributed by atoms with van der Waals surface area (Å²) >= 11 is 3.10. The van der Waals surface area contributed by atoms with E-state index in [0.29, 0.717) is 21.9 Å². The van der Waals surface area contributed by atoms with Crippen LogP contribution in [0.3, 0.4) is 0 Å². The summed E-state index contributed by atoms with van der Waals surface area (Å²) in [5.41, 5.74) is 6.30. The van der Waals surface area contributed by atoms with Gasteiger partial charge >= 0.3 is 0 Å². The molecule has 1 aliphatic rings. The SMILES string of the molecule is CC1(n2c(N)nc3cc(Br)c(F)cc32)CCS(=O)(=O)C1. The minimum Gasteiger partial charge on any atom is -0.369 e. The Kier molecular flexibility index (Phi) is 2.88. The van der Waals surface area contributed by atoms with Crippen molar-refractivity contribution in [2.24, 2.45) is 0 Å². The maximum Gasteiger partial charge on any atom is 0.201 e. The van der Waals surface area contributed by atoms with Gasteiger partial charge in [-0.1, -0.05) is 0 Å². The lowest BCUT2D eigenvalue weighted by Gasteiger charge is -2.26. The summed E-state index contributed by atoms with van der Waals surface area (Å²) in [6.07, 6.45) is 0.447. The van der Waals surface area contributed by atoms with E-state index in [1.54, 1.807) is 10.6 Å². The number of imidazole rings is 1. The van der Waals surface area contributed by atoms with Crippen LogP contribution in [0.25, 0.3) is 11.0 Å². The highest BCUT2D eigenvalue weighted by Gasteiger charge is 2.41. The first-order valence-electron chi connectivity index (χ1n) is 6.06. The topological polar surface area (TPSA) is 78.0 Å². The number of hydrogen-bond donors (Lipinski definition) is 1. The first-order chi connectivity index (χ1) is 9.22. The number of nitrogens with two attached hydrogens (primary N) is 1. The Bertz CT molecular complexity index is 818. The van der Waals surface area contributed by atoms with Crippen molar-refractivity contribution < 1.29 is 12.8 Å². The molecule has 2 aromatic rings. The van der Waals surface area contributed by atoms with Gasteiger partial charge < -0.3 is 10.3 Å². The minimum atomic E-state index is -3.09. The molecular weight excluding hydrogens is 349 g/mol. The molecule has 1 saturated heterocycles. The van der Waals surface area contributed by atoms with Gasteiger partial charge in [0.15, 0.2) is 9.84 Å². The van der Waals surface area contributed by atoms with Crippen LogP contribution in [-0.4, -0.2) is 29.5 Å². The average Bonchev–Trinajstić information content (AvgIpc) is 2.77. The molecule has 1 aliphatic heterocycles. The Balaban J connectivity index is 2.27. The van der Waals surface area contributed by atoms with Crippen LogP contribution in [0.4, 0.5) is 10.3 Å². The van der Waals surface area contributed by atoms with E-state index in [1.807, 2.05) is 6.92 Å². The van der Waals surface area contributed by atoms with Gasteiger partial charge in [0.2, 0.25) is 5.95 Å². The fraction of sp³-hybridized carbons (Fsp3) is 0.417. The van der Waals surface area contributed by atoms with E-state index >= 15 is 0 Å². The Morgan fingerprint density at radius 2 is 2.20 bits per heavy atom. The van der Waals surface area contributed by atoms with E-state index in [4.69, 9.17) is 5.73 Å². The minimum absolute atomic E-state index is 0.00660. The fourth-order valence-electron chi connectivity index (χ4n) is 2.83. The lowest BCUT2D eigenvalue weighted by molar-refractivity contribution is 0.381. The van der Waals surface area contributed by atoms with Crippen LogP contribution >= 0.6 is 15.9 Å². The molecule has 0 radical (unpaired) electrons. The summed E-state index contributed by atoms with van der Waals surface area (Å²) in [7, 11) is -3.09. The molecule has 5 nitrogen and oxygen atoms in total. The second kappa shape index (κ2) is 4.17. The Labute approximate surface area is 124 Å². The normalized spacial score (nSPS) is 25.4. The number of aromatic nitrogens is 2. The quantitative estimate of drug-likeness (QED) is 0.842. The van der Waals surface area contributed by atoms with Crippen LogP contribution in [-0.2, 0) is 15.4 Å². The van der Waals surface area contributed by atoms with Gasteiger partial charge in [-0.05, 0) is 35.3 Å². The number of anilines is 1. The molecule has 3 rings (SSSR count). The van der Waals surface area contributed by atoms with E-state index in [9.17, 15) is 12.8 Å². The number of nitrogen functional groups attached to an aromatic ring is 1. The van der Waals surface area contributed by atoms with Crippen molar-refractivity contribution in [1.29, 1.82) is 0 Å². The van der Waals surface area contributed by atoms with Crippen LogP contribution in [0.15, 0.2) is 16.6 Å². The molecule has 0 saturated carbocycles. The lowest BCUT2D eigenvalue weighted by atomic mass is 10.0. The molecule has 8 heteroatoms. The molecule has 1 aromatic carbocycles. The predicted molar refractivity (Wildman–Crippen MR) is 78.7 cm³/mol. The number of benzene rings is 1. The second-order valence-electron chi connectivity index (χ2n) is 5.40. The zero-order valence-corrected chi connectivity index (χ0v) is 13.1. The number of rotatable bonds is 1. The van der Waals surface area contributed by atoms with Gasteiger partial charge in [-0.3, -0.25) is 0 Å². The highest BCUT2D eigenvalue weighted by atomic mass is 79.9. The summed E-state index contributed by atoms with van der Waals surface area (Å²) in [4.78, 5) is 4.20. The van der Waals surface area contributed by atoms with Crippen LogP contribution in [0.1, 0.15) is 13.3 Å². The van der Waals surface area contributed by atoms with Crippen molar-refractivity contribution in [2.45, 2.75) is 18.9 Å². The third-order valence-electron chi connectivity index (χ3n) is 3.74. The monoisotopic (exact) mass is 361 g/mol. The van der Waals surface area contributed by atoms with Gasteiger partial charge in [-0.2, -0.15) is 0 Å². The first kappa shape index (κ1) is 13.8. The number of sulfone groups is 1. The Morgan fingerprint density at radius 3 is 2.80 bits per heavy atom. The molecule has 0 amide bonds. The summed E-state index contributed by atoms with van der Waals surface area (Å²) in [6.45, 7) is 1.81. The molecule has 1 fully saturated rings. The van der Waals surface area contributed by atoms with Gasteiger partial charge in [-0.25, -0.2) is 17.8 Å². The van der Waals surface area contributed by atoms with Gasteiger partial charge in [0.05, 0.1) is 32.6 Å². The van der Waals surface area contributed by atoms with E-state index in [1.165, 1.54) is 6.07 Å². The molecular formula is C12H13BrFN3O2S. The van der Waals surface area contributed by atoms with Crippen LogP contribution in [0.5, 0.6) is 0 Å². The van der Waals surface area contributed by atoms with Gasteiger partial charge in [-0.15, -0.1) is 0 Å². The molecule has 0 bridgehead atoms. The lowest BCUT2D eigenvalue weighted by Crippen LogP contribution is -2.32. The molecule has 1 unspecified atom stereocenters. The second-order valence-corrected chi connectivity index (χ2v) is 8.44. The van der Waals surface area contributed by atoms with Gasteiger partial charge in [0, 0.05) is 6.07 Å². The van der Waals surface area contributed by atoms with Crippen molar-refractivity contribution in [1.82, 2.24) is 9.55 Å². The van der Waals surface area contributed by atoms with Gasteiger partial charge in [0.1, 0.15) is 5.82 Å². The van der Waals surface area contributed by atoms with Crippen LogP contribution in [0, 0.1) is 5.82 Å². The smallest absolute Gasteiger partial charge is 0.201 e. The van der Waals surface area contributed by atoms with Gasteiger partial charge in [0.25, 0.3) is 0 Å². The molecule has 0 aliphatic carbocycles. The van der Waals surface area contributed by atoms with Crippen molar-refractivity contribution in [3.63, 3.8) is 0 Å².